The third-order valence-electron chi connectivity index (χ3n) is 2.55. The van der Waals surface area contributed by atoms with Crippen molar-refractivity contribution in [2.45, 2.75) is 13.8 Å². The second kappa shape index (κ2) is 5.04. The summed E-state index contributed by atoms with van der Waals surface area (Å²) in [5.41, 5.74) is 1.22. The summed E-state index contributed by atoms with van der Waals surface area (Å²) in [6.07, 6.45) is 1.71. The van der Waals surface area contributed by atoms with E-state index in [0.29, 0.717) is 11.6 Å². The van der Waals surface area contributed by atoms with Gasteiger partial charge in [-0.2, -0.15) is 0 Å². The number of benzene rings is 1. The minimum Gasteiger partial charge on any atom is -0.497 e. The molecule has 1 heterocycles. The highest BCUT2D eigenvalue weighted by atomic mass is 16.6. The van der Waals surface area contributed by atoms with Crippen LogP contribution in [-0.4, -0.2) is 19.0 Å². The lowest BCUT2D eigenvalue weighted by atomic mass is 10.2. The van der Waals surface area contributed by atoms with Gasteiger partial charge in [-0.3, -0.25) is 0 Å². The molecule has 0 amide bonds. The Kier molecular flexibility index (Phi) is 3.46. The van der Waals surface area contributed by atoms with E-state index < -0.39 is 5.97 Å². The molecule has 0 aromatic heterocycles. The normalized spacial score (nSPS) is 17.0. The molecule has 1 aliphatic rings. The summed E-state index contributed by atoms with van der Waals surface area (Å²) in [4.78, 5) is 15.8. The molecule has 0 aliphatic carbocycles. The lowest BCUT2D eigenvalue weighted by molar-refractivity contribution is -0.130. The molecule has 0 unspecified atom stereocenters. The van der Waals surface area contributed by atoms with E-state index in [1.807, 2.05) is 38.1 Å². The zero-order valence-electron chi connectivity index (χ0n) is 10.6. The molecular weight excluding hydrogens is 230 g/mol. The average molecular weight is 245 g/mol. The SMILES string of the molecule is COc1ccc(/C=C2/N=C(C(C)C)OC2=O)cc1. The fraction of sp³-hybridized carbons (Fsp3) is 0.286. The number of hydrogen-bond donors (Lipinski definition) is 0. The Morgan fingerprint density at radius 1 is 1.28 bits per heavy atom. The van der Waals surface area contributed by atoms with Crippen LogP contribution in [0, 0.1) is 5.92 Å². The second-order valence-corrected chi connectivity index (χ2v) is 4.30. The van der Waals surface area contributed by atoms with Gasteiger partial charge in [0.25, 0.3) is 0 Å². The summed E-state index contributed by atoms with van der Waals surface area (Å²) < 4.78 is 10.1. The van der Waals surface area contributed by atoms with Gasteiger partial charge in [-0.05, 0) is 23.8 Å². The smallest absolute Gasteiger partial charge is 0.363 e. The van der Waals surface area contributed by atoms with Gasteiger partial charge >= 0.3 is 5.97 Å². The largest absolute Gasteiger partial charge is 0.497 e. The molecule has 0 saturated carbocycles. The number of ether oxygens (including phenoxy) is 2. The molecule has 0 N–H and O–H groups in total. The Bertz CT molecular complexity index is 512. The highest BCUT2D eigenvalue weighted by Gasteiger charge is 2.24. The minimum absolute atomic E-state index is 0.107. The van der Waals surface area contributed by atoms with Crippen molar-refractivity contribution in [1.29, 1.82) is 0 Å². The van der Waals surface area contributed by atoms with Gasteiger partial charge in [-0.1, -0.05) is 26.0 Å². The first-order valence-corrected chi connectivity index (χ1v) is 5.76. The maximum absolute atomic E-state index is 11.6. The van der Waals surface area contributed by atoms with E-state index in [-0.39, 0.29) is 5.92 Å². The number of esters is 1. The number of carbonyl (C=O) groups is 1. The Balaban J connectivity index is 2.24. The maximum atomic E-state index is 11.6. The topological polar surface area (TPSA) is 47.9 Å². The van der Waals surface area contributed by atoms with Crippen LogP contribution in [0.4, 0.5) is 0 Å². The molecule has 0 spiro atoms. The third kappa shape index (κ3) is 2.59. The Morgan fingerprint density at radius 2 is 1.94 bits per heavy atom. The Labute approximate surface area is 106 Å². The van der Waals surface area contributed by atoms with E-state index in [1.54, 1.807) is 13.2 Å². The summed E-state index contributed by atoms with van der Waals surface area (Å²) >= 11 is 0. The van der Waals surface area contributed by atoms with Crippen LogP contribution >= 0.6 is 0 Å². The molecule has 2 rings (SSSR count). The van der Waals surface area contributed by atoms with Crippen molar-refractivity contribution in [2.75, 3.05) is 7.11 Å². The number of cyclic esters (lactones) is 1. The lowest BCUT2D eigenvalue weighted by Gasteiger charge is -1.99. The van der Waals surface area contributed by atoms with Crippen molar-refractivity contribution >= 4 is 17.9 Å². The van der Waals surface area contributed by atoms with Crippen LogP contribution in [0.1, 0.15) is 19.4 Å². The molecule has 0 fully saturated rings. The van der Waals surface area contributed by atoms with Crippen molar-refractivity contribution in [3.63, 3.8) is 0 Å². The summed E-state index contributed by atoms with van der Waals surface area (Å²) in [5.74, 6) is 0.961. The number of methoxy groups -OCH3 is 1. The van der Waals surface area contributed by atoms with Crippen molar-refractivity contribution in [3.8, 4) is 5.75 Å². The number of nitrogens with zero attached hydrogens (tertiary/aromatic N) is 1. The number of carbonyl (C=O) groups excluding carboxylic acids is 1. The molecule has 0 atom stereocenters. The maximum Gasteiger partial charge on any atom is 0.363 e. The highest BCUT2D eigenvalue weighted by molar-refractivity contribution is 6.07. The van der Waals surface area contributed by atoms with E-state index in [1.165, 1.54) is 0 Å². The molecule has 0 saturated heterocycles. The van der Waals surface area contributed by atoms with Gasteiger partial charge in [-0.25, -0.2) is 9.79 Å². The van der Waals surface area contributed by atoms with Crippen molar-refractivity contribution < 1.29 is 14.3 Å². The standard InChI is InChI=1S/C14H15NO3/c1-9(2)13-15-12(14(16)18-13)8-10-4-6-11(17-3)7-5-10/h4-9H,1-3H3/b12-8+. The van der Waals surface area contributed by atoms with E-state index in [9.17, 15) is 4.79 Å². The van der Waals surface area contributed by atoms with Crippen LogP contribution in [0.25, 0.3) is 6.08 Å². The van der Waals surface area contributed by atoms with Crippen LogP contribution < -0.4 is 4.74 Å². The minimum atomic E-state index is -0.394. The Hall–Kier alpha value is -2.10. The molecule has 0 radical (unpaired) electrons. The highest BCUT2D eigenvalue weighted by Crippen LogP contribution is 2.20. The predicted molar refractivity (Wildman–Crippen MR) is 69.3 cm³/mol. The molecule has 1 aromatic rings. The van der Waals surface area contributed by atoms with E-state index in [2.05, 4.69) is 4.99 Å². The summed E-state index contributed by atoms with van der Waals surface area (Å²) in [6.45, 7) is 3.87. The molecule has 1 aromatic carbocycles. The summed E-state index contributed by atoms with van der Waals surface area (Å²) in [7, 11) is 1.61. The molecule has 4 nitrogen and oxygen atoms in total. The van der Waals surface area contributed by atoms with Gasteiger partial charge in [0.15, 0.2) is 5.70 Å². The van der Waals surface area contributed by atoms with Gasteiger partial charge in [0, 0.05) is 5.92 Å². The quantitative estimate of drug-likeness (QED) is 0.607. The van der Waals surface area contributed by atoms with Gasteiger partial charge < -0.3 is 9.47 Å². The monoisotopic (exact) mass is 245 g/mol. The molecule has 94 valence electrons. The van der Waals surface area contributed by atoms with E-state index in [4.69, 9.17) is 9.47 Å². The first-order valence-electron chi connectivity index (χ1n) is 5.76. The van der Waals surface area contributed by atoms with Gasteiger partial charge in [-0.15, -0.1) is 0 Å². The van der Waals surface area contributed by atoms with E-state index in [0.717, 1.165) is 11.3 Å². The van der Waals surface area contributed by atoms with Crippen LogP contribution in [0.15, 0.2) is 35.0 Å². The van der Waals surface area contributed by atoms with Crippen LogP contribution in [0.2, 0.25) is 0 Å². The molecule has 4 heteroatoms. The molecule has 1 aliphatic heterocycles. The average Bonchev–Trinajstić information content (AvgIpc) is 2.72. The van der Waals surface area contributed by atoms with Crippen molar-refractivity contribution in [1.82, 2.24) is 0 Å². The van der Waals surface area contributed by atoms with Gasteiger partial charge in [0.1, 0.15) is 5.75 Å². The Morgan fingerprint density at radius 3 is 2.44 bits per heavy atom. The second-order valence-electron chi connectivity index (χ2n) is 4.30. The van der Waals surface area contributed by atoms with Crippen molar-refractivity contribution in [3.05, 3.63) is 35.5 Å². The molecule has 0 bridgehead atoms. The van der Waals surface area contributed by atoms with Crippen LogP contribution in [0.5, 0.6) is 5.75 Å². The molecule has 18 heavy (non-hydrogen) atoms. The number of rotatable bonds is 3. The number of aliphatic imine (C=N–C) groups is 1. The fourth-order valence-corrected chi connectivity index (χ4v) is 1.53. The third-order valence-corrected chi connectivity index (χ3v) is 2.55. The van der Waals surface area contributed by atoms with Crippen LogP contribution in [0.3, 0.4) is 0 Å². The van der Waals surface area contributed by atoms with Gasteiger partial charge in [0.05, 0.1) is 7.11 Å². The van der Waals surface area contributed by atoms with E-state index >= 15 is 0 Å². The van der Waals surface area contributed by atoms with Crippen LogP contribution in [-0.2, 0) is 9.53 Å². The van der Waals surface area contributed by atoms with Gasteiger partial charge in [0.2, 0.25) is 5.90 Å². The first kappa shape index (κ1) is 12.4. The fourth-order valence-electron chi connectivity index (χ4n) is 1.53. The predicted octanol–water partition coefficient (Wildman–Crippen LogP) is 2.65. The summed E-state index contributed by atoms with van der Waals surface area (Å²) in [6, 6.07) is 7.39. The zero-order valence-corrected chi connectivity index (χ0v) is 10.6. The molecular formula is C14H15NO3. The van der Waals surface area contributed by atoms with Crippen molar-refractivity contribution in [2.24, 2.45) is 10.9 Å². The lowest BCUT2D eigenvalue weighted by Crippen LogP contribution is -2.09. The zero-order chi connectivity index (χ0) is 13.1. The number of hydrogen-bond acceptors (Lipinski definition) is 4. The first-order chi connectivity index (χ1) is 8.60. The summed E-state index contributed by atoms with van der Waals surface area (Å²) in [5, 5.41) is 0.